The van der Waals surface area contributed by atoms with Crippen molar-refractivity contribution in [3.05, 3.63) is 12.2 Å². The van der Waals surface area contributed by atoms with Crippen molar-refractivity contribution in [1.29, 1.82) is 0 Å². The third kappa shape index (κ3) is 3.34. The van der Waals surface area contributed by atoms with E-state index in [0.717, 1.165) is 51.7 Å². The van der Waals surface area contributed by atoms with Gasteiger partial charge in [0.05, 0.1) is 18.1 Å². The normalized spacial score (nSPS) is 37.0. The Balaban J connectivity index is 1.55. The van der Waals surface area contributed by atoms with Gasteiger partial charge in [0.2, 0.25) is 11.8 Å². The van der Waals surface area contributed by atoms with Crippen LogP contribution in [0.15, 0.2) is 12.2 Å². The first-order valence-corrected chi connectivity index (χ1v) is 9.66. The van der Waals surface area contributed by atoms with E-state index in [9.17, 15) is 9.59 Å². The van der Waals surface area contributed by atoms with Crippen molar-refractivity contribution in [3.63, 3.8) is 0 Å². The van der Waals surface area contributed by atoms with E-state index in [1.54, 1.807) is 0 Å². The van der Waals surface area contributed by atoms with Gasteiger partial charge in [-0.25, -0.2) is 0 Å². The van der Waals surface area contributed by atoms with Gasteiger partial charge < -0.3 is 20.3 Å². The molecular formula is C19H29N3O3. The van der Waals surface area contributed by atoms with Crippen LogP contribution >= 0.6 is 0 Å². The van der Waals surface area contributed by atoms with Crippen LogP contribution in [0.5, 0.6) is 0 Å². The van der Waals surface area contributed by atoms with Crippen molar-refractivity contribution in [1.82, 2.24) is 15.5 Å². The summed E-state index contributed by atoms with van der Waals surface area (Å²) in [6, 6.07) is 0.122. The highest BCUT2D eigenvalue weighted by molar-refractivity contribution is 5.84. The summed E-state index contributed by atoms with van der Waals surface area (Å²) in [6.45, 7) is 4.28. The Kier molecular flexibility index (Phi) is 4.58. The van der Waals surface area contributed by atoms with Gasteiger partial charge in [-0.1, -0.05) is 12.2 Å². The summed E-state index contributed by atoms with van der Waals surface area (Å²) < 4.78 is 5.57. The zero-order valence-electron chi connectivity index (χ0n) is 14.9. The smallest absolute Gasteiger partial charge is 0.230 e. The first-order chi connectivity index (χ1) is 12.1. The predicted octanol–water partition coefficient (Wildman–Crippen LogP) is 0.830. The van der Waals surface area contributed by atoms with E-state index in [1.807, 2.05) is 11.0 Å². The Hall–Kier alpha value is -1.40. The minimum atomic E-state index is -0.328. The van der Waals surface area contributed by atoms with E-state index < -0.39 is 0 Å². The van der Waals surface area contributed by atoms with Gasteiger partial charge in [-0.15, -0.1) is 0 Å². The molecule has 2 unspecified atom stereocenters. The molecule has 6 nitrogen and oxygen atoms in total. The predicted molar refractivity (Wildman–Crippen MR) is 93.9 cm³/mol. The number of rotatable bonds is 0. The van der Waals surface area contributed by atoms with Crippen LogP contribution in [0.25, 0.3) is 0 Å². The summed E-state index contributed by atoms with van der Waals surface area (Å²) in [5, 5.41) is 6.59. The van der Waals surface area contributed by atoms with E-state index in [2.05, 4.69) is 16.7 Å². The van der Waals surface area contributed by atoms with Crippen LogP contribution in [-0.4, -0.2) is 62.1 Å². The quantitative estimate of drug-likeness (QED) is 0.637. The second kappa shape index (κ2) is 6.72. The summed E-state index contributed by atoms with van der Waals surface area (Å²) in [7, 11) is 0. The molecule has 3 fully saturated rings. The number of carbonyl (C=O) groups excluding carboxylic acids is 2. The summed E-state index contributed by atoms with van der Waals surface area (Å²) in [5.74, 6) is 0.359. The number of hydrogen-bond donors (Lipinski definition) is 2. The Bertz CT molecular complexity index is 564. The van der Waals surface area contributed by atoms with Gasteiger partial charge in [-0.2, -0.15) is 0 Å². The molecule has 138 valence electrons. The van der Waals surface area contributed by atoms with Crippen LogP contribution in [-0.2, 0) is 14.3 Å². The largest absolute Gasteiger partial charge is 0.377 e. The molecule has 2 amide bonds. The summed E-state index contributed by atoms with van der Waals surface area (Å²) in [5.41, 5.74) is -0.187. The molecule has 2 bridgehead atoms. The fourth-order valence-electron chi connectivity index (χ4n) is 4.64. The lowest BCUT2D eigenvalue weighted by atomic mass is 9.82. The third-order valence-electron chi connectivity index (χ3n) is 6.44. The second-order valence-corrected chi connectivity index (χ2v) is 8.23. The molecule has 4 rings (SSSR count). The number of amides is 2. The lowest BCUT2D eigenvalue weighted by Gasteiger charge is -2.31. The standard InChI is InChI=1S/C19H29N3O3/c23-16-4-3-11-25-10-2-1-5-18(8-9-20-13-18)17(24)22-12-15(21-16)19(14-22)6-7-19/h1-2,15,20H,3-14H2,(H,21,23)/b2-1-. The van der Waals surface area contributed by atoms with E-state index in [4.69, 9.17) is 4.74 Å². The Labute approximate surface area is 149 Å². The maximum atomic E-state index is 13.4. The van der Waals surface area contributed by atoms with Crippen molar-refractivity contribution in [3.8, 4) is 0 Å². The SMILES string of the molecule is O=C1CCCOC/C=C\CC2(CCNC2)C(=O)N2CC(N1)C1(CC1)C2. The van der Waals surface area contributed by atoms with Gasteiger partial charge in [0.1, 0.15) is 0 Å². The van der Waals surface area contributed by atoms with Crippen LogP contribution in [0, 0.1) is 10.8 Å². The molecule has 0 aromatic rings. The number of carbonyl (C=O) groups is 2. The first kappa shape index (κ1) is 17.0. The Morgan fingerprint density at radius 2 is 2.08 bits per heavy atom. The molecule has 2 spiro atoms. The highest BCUT2D eigenvalue weighted by Crippen LogP contribution is 2.53. The number of ether oxygens (including phenoxy) is 1. The van der Waals surface area contributed by atoms with Crippen molar-refractivity contribution >= 4 is 11.8 Å². The lowest BCUT2D eigenvalue weighted by Crippen LogP contribution is -2.46. The van der Waals surface area contributed by atoms with Crippen LogP contribution in [0.3, 0.4) is 0 Å². The molecule has 1 saturated carbocycles. The van der Waals surface area contributed by atoms with Crippen LogP contribution in [0.4, 0.5) is 0 Å². The van der Waals surface area contributed by atoms with Gasteiger partial charge in [0.15, 0.2) is 0 Å². The minimum Gasteiger partial charge on any atom is -0.377 e. The van der Waals surface area contributed by atoms with Gasteiger partial charge in [-0.3, -0.25) is 9.59 Å². The van der Waals surface area contributed by atoms with Crippen molar-refractivity contribution in [2.45, 2.75) is 44.6 Å². The van der Waals surface area contributed by atoms with Crippen molar-refractivity contribution in [2.24, 2.45) is 10.8 Å². The molecule has 0 radical (unpaired) electrons. The van der Waals surface area contributed by atoms with E-state index in [0.29, 0.717) is 26.2 Å². The Morgan fingerprint density at radius 1 is 1.20 bits per heavy atom. The molecule has 25 heavy (non-hydrogen) atoms. The molecule has 3 aliphatic heterocycles. The summed E-state index contributed by atoms with van der Waals surface area (Å²) in [4.78, 5) is 27.7. The molecular weight excluding hydrogens is 318 g/mol. The number of allylic oxidation sites excluding steroid dienone is 1. The van der Waals surface area contributed by atoms with Gasteiger partial charge >= 0.3 is 0 Å². The van der Waals surface area contributed by atoms with Gasteiger partial charge in [0.25, 0.3) is 0 Å². The van der Waals surface area contributed by atoms with Crippen LogP contribution < -0.4 is 10.6 Å². The maximum absolute atomic E-state index is 13.4. The zero-order valence-corrected chi connectivity index (χ0v) is 14.9. The lowest BCUT2D eigenvalue weighted by molar-refractivity contribution is -0.140. The number of fused-ring (bicyclic) bond motifs is 3. The molecule has 3 heterocycles. The molecule has 2 atom stereocenters. The fraction of sp³-hybridized carbons (Fsp3) is 0.789. The van der Waals surface area contributed by atoms with E-state index in [-0.39, 0.29) is 28.7 Å². The second-order valence-electron chi connectivity index (χ2n) is 8.23. The Morgan fingerprint density at radius 3 is 2.84 bits per heavy atom. The van der Waals surface area contributed by atoms with Crippen molar-refractivity contribution in [2.75, 3.05) is 39.4 Å². The van der Waals surface area contributed by atoms with Crippen molar-refractivity contribution < 1.29 is 14.3 Å². The highest BCUT2D eigenvalue weighted by Gasteiger charge is 2.58. The highest BCUT2D eigenvalue weighted by atomic mass is 16.5. The first-order valence-electron chi connectivity index (χ1n) is 9.66. The number of hydrogen-bond acceptors (Lipinski definition) is 4. The van der Waals surface area contributed by atoms with Crippen LogP contribution in [0.1, 0.15) is 38.5 Å². The third-order valence-corrected chi connectivity index (χ3v) is 6.44. The molecule has 0 aromatic heterocycles. The minimum absolute atomic E-state index is 0.0943. The number of nitrogens with zero attached hydrogens (tertiary/aromatic N) is 1. The van der Waals surface area contributed by atoms with Crippen LogP contribution in [0.2, 0.25) is 0 Å². The topological polar surface area (TPSA) is 70.7 Å². The fourth-order valence-corrected chi connectivity index (χ4v) is 4.64. The number of nitrogens with one attached hydrogen (secondary N) is 2. The molecule has 6 heteroatoms. The summed E-state index contributed by atoms with van der Waals surface area (Å²) in [6.07, 6.45) is 9.26. The summed E-state index contributed by atoms with van der Waals surface area (Å²) >= 11 is 0. The van der Waals surface area contributed by atoms with E-state index >= 15 is 0 Å². The monoisotopic (exact) mass is 347 g/mol. The maximum Gasteiger partial charge on any atom is 0.230 e. The van der Waals surface area contributed by atoms with E-state index in [1.165, 1.54) is 0 Å². The average Bonchev–Trinajstić information content (AvgIpc) is 3.07. The zero-order chi connectivity index (χ0) is 17.3. The average molecular weight is 347 g/mol. The van der Waals surface area contributed by atoms with Gasteiger partial charge in [-0.05, 0) is 38.6 Å². The molecule has 4 aliphatic rings. The molecule has 0 aromatic carbocycles. The molecule has 1 aliphatic carbocycles. The molecule has 2 saturated heterocycles. The van der Waals surface area contributed by atoms with Gasteiger partial charge in [0, 0.05) is 38.1 Å². The molecule has 2 N–H and O–H groups in total.